The molecule has 3 nitrogen and oxygen atoms in total. The molecule has 2 aromatic heterocycles. The topological polar surface area (TPSA) is 35.0 Å². The van der Waals surface area contributed by atoms with Gasteiger partial charge in [-0.1, -0.05) is 11.3 Å². The predicted molar refractivity (Wildman–Crippen MR) is 44.0 cm³/mol. The summed E-state index contributed by atoms with van der Waals surface area (Å²) in [6.07, 6.45) is 3.48. The van der Waals surface area contributed by atoms with Crippen LogP contribution >= 0.6 is 11.3 Å². The second-order valence-corrected chi connectivity index (χ2v) is 3.02. The van der Waals surface area contributed by atoms with Crippen molar-refractivity contribution in [2.45, 2.75) is 0 Å². The van der Waals surface area contributed by atoms with E-state index in [4.69, 9.17) is 4.74 Å². The molecule has 0 amide bonds. The third-order valence-electron chi connectivity index (χ3n) is 1.34. The van der Waals surface area contributed by atoms with Crippen LogP contribution in [-0.2, 0) is 0 Å². The van der Waals surface area contributed by atoms with E-state index in [1.54, 1.807) is 19.5 Å². The van der Waals surface area contributed by atoms with Gasteiger partial charge in [0.25, 0.3) is 5.19 Å². The summed E-state index contributed by atoms with van der Waals surface area (Å²) in [6, 6.07) is 1.93. The van der Waals surface area contributed by atoms with Gasteiger partial charge in [0, 0.05) is 6.20 Å². The lowest BCUT2D eigenvalue weighted by molar-refractivity contribution is 0.413. The molecule has 2 rings (SSSR count). The summed E-state index contributed by atoms with van der Waals surface area (Å²) < 4.78 is 6.09. The van der Waals surface area contributed by atoms with Crippen molar-refractivity contribution in [1.82, 2.24) is 9.97 Å². The van der Waals surface area contributed by atoms with Crippen LogP contribution in [-0.4, -0.2) is 17.1 Å². The van der Waals surface area contributed by atoms with E-state index < -0.39 is 0 Å². The van der Waals surface area contributed by atoms with Gasteiger partial charge < -0.3 is 4.74 Å². The summed E-state index contributed by atoms with van der Waals surface area (Å²) in [5.41, 5.74) is 0.898. The maximum absolute atomic E-state index is 4.98. The van der Waals surface area contributed by atoms with E-state index in [1.165, 1.54) is 11.3 Å². The first-order chi connectivity index (χ1) is 5.40. The van der Waals surface area contributed by atoms with Gasteiger partial charge in [0.05, 0.1) is 18.0 Å². The Hall–Kier alpha value is -1.16. The summed E-state index contributed by atoms with van der Waals surface area (Å²) in [5, 5.41) is 0.688. The van der Waals surface area contributed by atoms with Crippen molar-refractivity contribution in [2.75, 3.05) is 7.11 Å². The molecule has 2 heterocycles. The third kappa shape index (κ3) is 1.05. The highest BCUT2D eigenvalue weighted by atomic mass is 32.1. The highest BCUT2D eigenvalue weighted by Crippen LogP contribution is 2.25. The quantitative estimate of drug-likeness (QED) is 0.646. The van der Waals surface area contributed by atoms with Gasteiger partial charge in [0.15, 0.2) is 0 Å². The zero-order valence-electron chi connectivity index (χ0n) is 5.94. The van der Waals surface area contributed by atoms with E-state index >= 15 is 0 Å². The molecular weight excluding hydrogens is 160 g/mol. The Morgan fingerprint density at radius 1 is 1.55 bits per heavy atom. The standard InChI is InChI=1S/C7H6N2OS/c1-10-7-9-5-4-8-3-2-6(5)11-7/h2-4H,1H3. The lowest BCUT2D eigenvalue weighted by atomic mass is 10.5. The first-order valence-electron chi connectivity index (χ1n) is 3.14. The second kappa shape index (κ2) is 2.47. The number of fused-ring (bicyclic) bond motifs is 1. The molecule has 0 atom stereocenters. The minimum absolute atomic E-state index is 0.688. The summed E-state index contributed by atoms with van der Waals surface area (Å²) in [4.78, 5) is 8.11. The fraction of sp³-hybridized carbons (Fsp3) is 0.143. The number of hydrogen-bond donors (Lipinski definition) is 0. The number of thiazole rings is 1. The van der Waals surface area contributed by atoms with Crippen molar-refractivity contribution in [3.05, 3.63) is 18.5 Å². The maximum Gasteiger partial charge on any atom is 0.274 e. The Balaban J connectivity index is 2.69. The summed E-state index contributed by atoms with van der Waals surface area (Å²) in [7, 11) is 1.62. The molecule has 11 heavy (non-hydrogen) atoms. The van der Waals surface area contributed by atoms with Gasteiger partial charge in [-0.3, -0.25) is 4.98 Å². The van der Waals surface area contributed by atoms with E-state index in [9.17, 15) is 0 Å². The highest BCUT2D eigenvalue weighted by molar-refractivity contribution is 7.20. The van der Waals surface area contributed by atoms with Gasteiger partial charge in [-0.25, -0.2) is 4.98 Å². The molecule has 0 fully saturated rings. The Labute approximate surface area is 67.7 Å². The van der Waals surface area contributed by atoms with E-state index in [2.05, 4.69) is 9.97 Å². The molecule has 0 saturated carbocycles. The van der Waals surface area contributed by atoms with Crippen molar-refractivity contribution in [1.29, 1.82) is 0 Å². The fourth-order valence-corrected chi connectivity index (χ4v) is 1.59. The number of nitrogens with zero attached hydrogens (tertiary/aromatic N) is 2. The number of methoxy groups -OCH3 is 1. The lowest BCUT2D eigenvalue weighted by Crippen LogP contribution is -1.78. The van der Waals surface area contributed by atoms with Crippen molar-refractivity contribution in [3.8, 4) is 5.19 Å². The fourth-order valence-electron chi connectivity index (χ4n) is 0.846. The number of hydrogen-bond acceptors (Lipinski definition) is 4. The lowest BCUT2D eigenvalue weighted by Gasteiger charge is -1.84. The monoisotopic (exact) mass is 166 g/mol. The molecule has 0 aliphatic carbocycles. The molecule has 2 aromatic rings. The van der Waals surface area contributed by atoms with Crippen molar-refractivity contribution in [2.24, 2.45) is 0 Å². The van der Waals surface area contributed by atoms with Gasteiger partial charge >= 0.3 is 0 Å². The van der Waals surface area contributed by atoms with Crippen LogP contribution in [0.4, 0.5) is 0 Å². The minimum Gasteiger partial charge on any atom is -0.473 e. The molecule has 0 aromatic carbocycles. The average molecular weight is 166 g/mol. The summed E-state index contributed by atoms with van der Waals surface area (Å²) >= 11 is 1.52. The molecule has 4 heteroatoms. The normalized spacial score (nSPS) is 10.3. The van der Waals surface area contributed by atoms with Gasteiger partial charge in [-0.15, -0.1) is 0 Å². The van der Waals surface area contributed by atoms with Gasteiger partial charge in [0.1, 0.15) is 5.52 Å². The van der Waals surface area contributed by atoms with Crippen LogP contribution < -0.4 is 4.74 Å². The van der Waals surface area contributed by atoms with Crippen molar-refractivity contribution < 1.29 is 4.74 Å². The molecule has 0 unspecified atom stereocenters. The van der Waals surface area contributed by atoms with E-state index in [-0.39, 0.29) is 0 Å². The summed E-state index contributed by atoms with van der Waals surface area (Å²) in [5.74, 6) is 0. The number of aromatic nitrogens is 2. The molecular formula is C7H6N2OS. The smallest absolute Gasteiger partial charge is 0.274 e. The predicted octanol–water partition coefficient (Wildman–Crippen LogP) is 1.70. The molecule has 0 aliphatic rings. The van der Waals surface area contributed by atoms with E-state index in [1.807, 2.05) is 6.07 Å². The van der Waals surface area contributed by atoms with Gasteiger partial charge in [-0.05, 0) is 6.07 Å². The van der Waals surface area contributed by atoms with Gasteiger partial charge in [-0.2, -0.15) is 0 Å². The third-order valence-corrected chi connectivity index (χ3v) is 2.34. The molecule has 0 aliphatic heterocycles. The van der Waals surface area contributed by atoms with Crippen LogP contribution in [0.25, 0.3) is 10.2 Å². The van der Waals surface area contributed by atoms with Crippen LogP contribution in [0.2, 0.25) is 0 Å². The van der Waals surface area contributed by atoms with Gasteiger partial charge in [0.2, 0.25) is 0 Å². The SMILES string of the molecule is COc1nc2cnccc2s1. The first kappa shape index (κ1) is 6.54. The molecule has 0 N–H and O–H groups in total. The largest absolute Gasteiger partial charge is 0.473 e. The first-order valence-corrected chi connectivity index (χ1v) is 3.96. The molecule has 0 radical (unpaired) electrons. The maximum atomic E-state index is 4.98. The van der Waals surface area contributed by atoms with E-state index in [0.717, 1.165) is 10.2 Å². The van der Waals surface area contributed by atoms with Crippen molar-refractivity contribution >= 4 is 21.6 Å². The molecule has 0 bridgehead atoms. The van der Waals surface area contributed by atoms with E-state index in [0.29, 0.717) is 5.19 Å². The zero-order valence-corrected chi connectivity index (χ0v) is 6.76. The zero-order chi connectivity index (χ0) is 7.68. The molecule has 0 spiro atoms. The Bertz CT molecular complexity index is 338. The van der Waals surface area contributed by atoms with Crippen LogP contribution in [0.3, 0.4) is 0 Å². The highest BCUT2D eigenvalue weighted by Gasteiger charge is 2.00. The number of ether oxygens (including phenoxy) is 1. The average Bonchev–Trinajstić information content (AvgIpc) is 2.46. The Morgan fingerprint density at radius 2 is 2.45 bits per heavy atom. The van der Waals surface area contributed by atoms with Crippen LogP contribution in [0.1, 0.15) is 0 Å². The summed E-state index contributed by atoms with van der Waals surface area (Å²) in [6.45, 7) is 0. The van der Waals surface area contributed by atoms with Crippen molar-refractivity contribution in [3.63, 3.8) is 0 Å². The Kier molecular flexibility index (Phi) is 1.47. The number of rotatable bonds is 1. The molecule has 56 valence electrons. The van der Waals surface area contributed by atoms with Crippen LogP contribution in [0, 0.1) is 0 Å². The van der Waals surface area contributed by atoms with Crippen LogP contribution in [0.15, 0.2) is 18.5 Å². The minimum atomic E-state index is 0.688. The van der Waals surface area contributed by atoms with Crippen LogP contribution in [0.5, 0.6) is 5.19 Å². The Morgan fingerprint density at radius 3 is 3.18 bits per heavy atom. The molecule has 0 saturated heterocycles. The second-order valence-electron chi connectivity index (χ2n) is 2.03. The number of pyridine rings is 1.